The third-order valence-corrected chi connectivity index (χ3v) is 5.69. The summed E-state index contributed by atoms with van der Waals surface area (Å²) in [6, 6.07) is 16.7. The highest BCUT2D eigenvalue weighted by Gasteiger charge is 2.26. The van der Waals surface area contributed by atoms with Gasteiger partial charge in [-0.3, -0.25) is 9.69 Å². The van der Waals surface area contributed by atoms with Gasteiger partial charge >= 0.3 is 0 Å². The van der Waals surface area contributed by atoms with Crippen molar-refractivity contribution in [1.29, 1.82) is 0 Å². The Hall–Kier alpha value is -2.33. The van der Waals surface area contributed by atoms with Crippen LogP contribution in [0.25, 0.3) is 0 Å². The van der Waals surface area contributed by atoms with Gasteiger partial charge in [0.25, 0.3) is 0 Å². The van der Waals surface area contributed by atoms with E-state index >= 15 is 0 Å². The molecule has 4 heteroatoms. The number of amides is 1. The molecule has 1 atom stereocenters. The van der Waals surface area contributed by atoms with Gasteiger partial charge < -0.3 is 10.1 Å². The summed E-state index contributed by atoms with van der Waals surface area (Å²) >= 11 is 0. The predicted octanol–water partition coefficient (Wildman–Crippen LogP) is 4.48. The van der Waals surface area contributed by atoms with E-state index in [1.54, 1.807) is 7.11 Å². The van der Waals surface area contributed by atoms with Gasteiger partial charge in [0.2, 0.25) is 5.91 Å². The Labute approximate surface area is 168 Å². The Kier molecular flexibility index (Phi) is 7.10. The fourth-order valence-corrected chi connectivity index (χ4v) is 3.97. The Morgan fingerprint density at radius 1 is 1.18 bits per heavy atom. The minimum Gasteiger partial charge on any atom is -0.497 e. The number of nitrogens with zero attached hydrogens (tertiary/aromatic N) is 1. The van der Waals surface area contributed by atoms with Crippen molar-refractivity contribution < 1.29 is 9.53 Å². The number of rotatable bonds is 7. The van der Waals surface area contributed by atoms with E-state index in [4.69, 9.17) is 4.74 Å². The van der Waals surface area contributed by atoms with Crippen molar-refractivity contribution in [2.45, 2.75) is 45.7 Å². The molecule has 0 aliphatic carbocycles. The van der Waals surface area contributed by atoms with E-state index in [1.807, 2.05) is 24.3 Å². The molecular formula is C24H32N2O2. The van der Waals surface area contributed by atoms with E-state index in [9.17, 15) is 4.79 Å². The summed E-state index contributed by atoms with van der Waals surface area (Å²) < 4.78 is 5.23. The maximum absolute atomic E-state index is 12.8. The molecule has 0 bridgehead atoms. The van der Waals surface area contributed by atoms with Gasteiger partial charge in [0.15, 0.2) is 0 Å². The summed E-state index contributed by atoms with van der Waals surface area (Å²) in [6.07, 6.45) is 2.73. The highest BCUT2D eigenvalue weighted by molar-refractivity contribution is 5.79. The van der Waals surface area contributed by atoms with Gasteiger partial charge in [0.05, 0.1) is 13.2 Å². The Morgan fingerprint density at radius 3 is 2.50 bits per heavy atom. The monoisotopic (exact) mass is 380 g/mol. The second kappa shape index (κ2) is 9.74. The number of piperidine rings is 1. The van der Waals surface area contributed by atoms with Gasteiger partial charge in [-0.25, -0.2) is 0 Å². The first-order valence-electron chi connectivity index (χ1n) is 10.3. The smallest absolute Gasteiger partial charge is 0.223 e. The minimum absolute atomic E-state index is 0.0590. The first-order valence-corrected chi connectivity index (χ1v) is 10.3. The fourth-order valence-electron chi connectivity index (χ4n) is 3.97. The molecule has 2 aromatic rings. The first kappa shape index (κ1) is 20.4. The summed E-state index contributed by atoms with van der Waals surface area (Å²) in [5, 5.41) is 3.26. The molecule has 0 unspecified atom stereocenters. The molecule has 1 N–H and O–H groups in total. The van der Waals surface area contributed by atoms with Gasteiger partial charge in [-0.05, 0) is 62.5 Å². The van der Waals surface area contributed by atoms with Gasteiger partial charge in [-0.2, -0.15) is 0 Å². The van der Waals surface area contributed by atoms with Crippen molar-refractivity contribution in [3.63, 3.8) is 0 Å². The third-order valence-electron chi connectivity index (χ3n) is 5.69. The fraction of sp³-hybridized carbons (Fsp3) is 0.458. The largest absolute Gasteiger partial charge is 0.497 e. The Morgan fingerprint density at radius 2 is 1.89 bits per heavy atom. The molecule has 1 aliphatic heterocycles. The number of likely N-dealkylation sites (tertiary alicyclic amines) is 1. The van der Waals surface area contributed by atoms with E-state index in [0.717, 1.165) is 50.2 Å². The molecule has 3 rings (SSSR count). The lowest BCUT2D eigenvalue weighted by Gasteiger charge is -2.32. The van der Waals surface area contributed by atoms with Gasteiger partial charge in [-0.15, -0.1) is 0 Å². The average molecular weight is 381 g/mol. The lowest BCUT2D eigenvalue weighted by molar-refractivity contribution is -0.127. The van der Waals surface area contributed by atoms with Crippen LogP contribution in [0.5, 0.6) is 5.75 Å². The van der Waals surface area contributed by atoms with Crippen molar-refractivity contribution in [2.24, 2.45) is 5.92 Å². The summed E-state index contributed by atoms with van der Waals surface area (Å²) in [5.74, 6) is 1.14. The number of aryl methyl sites for hydroxylation is 1. The van der Waals surface area contributed by atoms with E-state index in [-0.39, 0.29) is 17.9 Å². The molecule has 1 fully saturated rings. The van der Waals surface area contributed by atoms with Gasteiger partial charge in [0.1, 0.15) is 5.75 Å². The maximum atomic E-state index is 12.8. The quantitative estimate of drug-likeness (QED) is 0.770. The van der Waals surface area contributed by atoms with E-state index < -0.39 is 0 Å². The zero-order valence-corrected chi connectivity index (χ0v) is 17.3. The van der Waals surface area contributed by atoms with Crippen LogP contribution in [0.15, 0.2) is 48.5 Å². The molecule has 0 saturated carbocycles. The van der Waals surface area contributed by atoms with E-state index in [0.29, 0.717) is 0 Å². The standard InChI is InChI=1S/C24H32N2O2/c1-4-23(20-8-10-22(28-3)11-9-20)25-24(27)21-12-14-26(15-13-21)17-19-7-5-6-18(2)16-19/h5-11,16,21,23H,4,12-15,17H2,1-3H3,(H,25,27)/t23-/m0/s1. The van der Waals surface area contributed by atoms with Crippen LogP contribution in [0.2, 0.25) is 0 Å². The zero-order chi connectivity index (χ0) is 19.9. The third kappa shape index (κ3) is 5.35. The second-order valence-electron chi connectivity index (χ2n) is 7.78. The first-order chi connectivity index (χ1) is 13.6. The number of carbonyl (C=O) groups is 1. The van der Waals surface area contributed by atoms with Crippen LogP contribution >= 0.6 is 0 Å². The predicted molar refractivity (Wildman–Crippen MR) is 113 cm³/mol. The summed E-state index contributed by atoms with van der Waals surface area (Å²) in [7, 11) is 1.67. The lowest BCUT2D eigenvalue weighted by Crippen LogP contribution is -2.41. The molecule has 1 amide bonds. The summed E-state index contributed by atoms with van der Waals surface area (Å²) in [5.41, 5.74) is 3.79. The zero-order valence-electron chi connectivity index (χ0n) is 17.3. The minimum atomic E-state index is 0.0590. The van der Waals surface area contributed by atoms with Crippen molar-refractivity contribution in [2.75, 3.05) is 20.2 Å². The number of methoxy groups -OCH3 is 1. The molecule has 28 heavy (non-hydrogen) atoms. The van der Waals surface area contributed by atoms with Crippen molar-refractivity contribution in [3.05, 3.63) is 65.2 Å². The molecule has 0 spiro atoms. The number of nitrogens with one attached hydrogen (secondary N) is 1. The molecule has 0 aromatic heterocycles. The van der Waals surface area contributed by atoms with Gasteiger partial charge in [-0.1, -0.05) is 48.9 Å². The Balaban J connectivity index is 1.51. The number of benzene rings is 2. The van der Waals surface area contributed by atoms with E-state index in [1.165, 1.54) is 11.1 Å². The molecular weight excluding hydrogens is 348 g/mol. The van der Waals surface area contributed by atoms with Crippen LogP contribution in [0.1, 0.15) is 48.9 Å². The van der Waals surface area contributed by atoms with Crippen LogP contribution in [0.3, 0.4) is 0 Å². The van der Waals surface area contributed by atoms with Crippen LogP contribution in [0.4, 0.5) is 0 Å². The number of ether oxygens (including phenoxy) is 1. The summed E-state index contributed by atoms with van der Waals surface area (Å²) in [4.78, 5) is 15.3. The van der Waals surface area contributed by atoms with Crippen molar-refractivity contribution in [3.8, 4) is 5.75 Å². The van der Waals surface area contributed by atoms with Crippen molar-refractivity contribution >= 4 is 5.91 Å². The normalized spacial score (nSPS) is 16.5. The molecule has 1 saturated heterocycles. The molecule has 1 aliphatic rings. The van der Waals surface area contributed by atoms with Gasteiger partial charge in [0, 0.05) is 12.5 Å². The molecule has 1 heterocycles. The summed E-state index contributed by atoms with van der Waals surface area (Å²) in [6.45, 7) is 7.17. The van der Waals surface area contributed by atoms with Crippen LogP contribution in [-0.4, -0.2) is 31.0 Å². The number of carbonyl (C=O) groups excluding carboxylic acids is 1. The highest BCUT2D eigenvalue weighted by atomic mass is 16.5. The maximum Gasteiger partial charge on any atom is 0.223 e. The SMILES string of the molecule is CC[C@H](NC(=O)C1CCN(Cc2cccc(C)c2)CC1)c1ccc(OC)cc1. The van der Waals surface area contributed by atoms with Crippen LogP contribution in [0, 0.1) is 12.8 Å². The number of hydrogen-bond acceptors (Lipinski definition) is 3. The average Bonchev–Trinajstić information content (AvgIpc) is 2.72. The lowest BCUT2D eigenvalue weighted by atomic mass is 9.94. The van der Waals surface area contributed by atoms with E-state index in [2.05, 4.69) is 48.3 Å². The topological polar surface area (TPSA) is 41.6 Å². The highest BCUT2D eigenvalue weighted by Crippen LogP contribution is 2.24. The Bertz CT molecular complexity index is 764. The molecule has 4 nitrogen and oxygen atoms in total. The number of hydrogen-bond donors (Lipinski definition) is 1. The molecule has 150 valence electrons. The second-order valence-corrected chi connectivity index (χ2v) is 7.78. The van der Waals surface area contributed by atoms with Crippen LogP contribution in [-0.2, 0) is 11.3 Å². The van der Waals surface area contributed by atoms with Crippen molar-refractivity contribution in [1.82, 2.24) is 10.2 Å². The molecule has 0 radical (unpaired) electrons. The van der Waals surface area contributed by atoms with Crippen LogP contribution < -0.4 is 10.1 Å². The molecule has 2 aromatic carbocycles.